The summed E-state index contributed by atoms with van der Waals surface area (Å²) in [5, 5.41) is 45.6. The van der Waals surface area contributed by atoms with E-state index in [1.807, 2.05) is 66.3 Å². The highest BCUT2D eigenvalue weighted by molar-refractivity contribution is 7.08. The first kappa shape index (κ1) is 32.9. The van der Waals surface area contributed by atoms with E-state index in [4.69, 9.17) is 23.2 Å². The number of aliphatic hydroxyl groups is 4. The van der Waals surface area contributed by atoms with Gasteiger partial charge in [0.15, 0.2) is 0 Å². The molecule has 5 atom stereocenters. The first-order chi connectivity index (χ1) is 20.2. The van der Waals surface area contributed by atoms with Crippen molar-refractivity contribution < 1.29 is 25.2 Å². The smallest absolute Gasteiger partial charge is 0.253 e. The molecule has 228 valence electrons. The molecule has 4 rings (SSSR count). The van der Waals surface area contributed by atoms with Crippen LogP contribution in [0.25, 0.3) is 0 Å². The molecule has 0 aliphatic carbocycles. The van der Waals surface area contributed by atoms with Gasteiger partial charge < -0.3 is 30.2 Å². The highest BCUT2D eigenvalue weighted by atomic mass is 35.5. The van der Waals surface area contributed by atoms with Crippen molar-refractivity contribution in [2.45, 2.75) is 36.7 Å². The summed E-state index contributed by atoms with van der Waals surface area (Å²) in [4.78, 5) is 19.3. The van der Waals surface area contributed by atoms with Gasteiger partial charge in [-0.25, -0.2) is 0 Å². The zero-order chi connectivity index (χ0) is 30.2. The van der Waals surface area contributed by atoms with Gasteiger partial charge in [-0.1, -0.05) is 47.5 Å². The van der Waals surface area contributed by atoms with E-state index in [2.05, 4.69) is 9.80 Å². The van der Waals surface area contributed by atoms with Crippen molar-refractivity contribution >= 4 is 40.4 Å². The van der Waals surface area contributed by atoms with Crippen molar-refractivity contribution in [1.82, 2.24) is 14.7 Å². The van der Waals surface area contributed by atoms with Gasteiger partial charge in [-0.2, -0.15) is 11.3 Å². The van der Waals surface area contributed by atoms with Gasteiger partial charge in [-0.3, -0.25) is 9.69 Å². The van der Waals surface area contributed by atoms with E-state index in [0.717, 1.165) is 37.2 Å². The number of piperazine rings is 1. The van der Waals surface area contributed by atoms with Crippen LogP contribution in [0.2, 0.25) is 10.0 Å². The molecule has 0 radical (unpaired) electrons. The maximum Gasteiger partial charge on any atom is 0.253 e. The lowest BCUT2D eigenvalue weighted by Crippen LogP contribution is -2.53. The molecule has 11 heteroatoms. The number of nitrogens with zero attached hydrogens (tertiary/aromatic N) is 3. The van der Waals surface area contributed by atoms with Crippen LogP contribution in [0, 0.1) is 0 Å². The number of benzene rings is 2. The van der Waals surface area contributed by atoms with Crippen molar-refractivity contribution in [1.29, 1.82) is 0 Å². The van der Waals surface area contributed by atoms with Crippen molar-refractivity contribution in [3.8, 4) is 0 Å². The number of carbonyl (C=O) groups excluding carboxylic acids is 1. The third-order valence-electron chi connectivity index (χ3n) is 8.01. The number of aliphatic hydroxyl groups excluding tert-OH is 4. The van der Waals surface area contributed by atoms with Crippen LogP contribution in [0.15, 0.2) is 65.4 Å². The van der Waals surface area contributed by atoms with Gasteiger partial charge in [-0.05, 0) is 65.2 Å². The summed E-state index contributed by atoms with van der Waals surface area (Å²) in [7, 11) is 1.82. The Balaban J connectivity index is 1.41. The van der Waals surface area contributed by atoms with E-state index in [9.17, 15) is 25.2 Å². The first-order valence-corrected chi connectivity index (χ1v) is 15.8. The standard InChI is InChI=1S/C31H39Cl2N3O5S/c1-34(31(41)21-5-3-2-4-6-21)18-23(22-7-8-25(32)26(33)17-22)9-11-35-12-14-36(15-13-35)28(24-10-16-42-20-24)30(40)29(39)27(38)19-37/h2-8,10,16-17,20,23,27-30,37-40H,9,11-15,18-19H2,1H3/t23-,27+,28?,29-,30-/m1/s1. The number of rotatable bonds is 13. The maximum absolute atomic E-state index is 13.1. The number of hydrogen-bond acceptors (Lipinski definition) is 8. The average molecular weight is 637 g/mol. The topological polar surface area (TPSA) is 108 Å². The summed E-state index contributed by atoms with van der Waals surface area (Å²) in [5.74, 6) is -0.00763. The molecule has 0 bridgehead atoms. The van der Waals surface area contributed by atoms with Crippen LogP contribution < -0.4 is 0 Å². The van der Waals surface area contributed by atoms with Crippen LogP contribution in [-0.4, -0.2) is 112 Å². The predicted octanol–water partition coefficient (Wildman–Crippen LogP) is 3.73. The van der Waals surface area contributed by atoms with E-state index in [-0.39, 0.29) is 11.8 Å². The molecule has 1 saturated heterocycles. The fourth-order valence-corrected chi connectivity index (χ4v) is 6.53. The lowest BCUT2D eigenvalue weighted by atomic mass is 9.93. The Morgan fingerprint density at radius 2 is 1.67 bits per heavy atom. The molecule has 0 spiro atoms. The molecule has 2 heterocycles. The third-order valence-corrected chi connectivity index (χ3v) is 9.45. The molecule has 1 fully saturated rings. The van der Waals surface area contributed by atoms with Crippen LogP contribution in [0.1, 0.15) is 39.9 Å². The van der Waals surface area contributed by atoms with Gasteiger partial charge in [0.2, 0.25) is 0 Å². The molecule has 42 heavy (non-hydrogen) atoms. The minimum absolute atomic E-state index is 0.0333. The van der Waals surface area contributed by atoms with Crippen molar-refractivity contribution in [3.63, 3.8) is 0 Å². The first-order valence-electron chi connectivity index (χ1n) is 14.1. The van der Waals surface area contributed by atoms with E-state index >= 15 is 0 Å². The number of carbonyl (C=O) groups is 1. The normalized spacial score (nSPS) is 18.3. The summed E-state index contributed by atoms with van der Waals surface area (Å²) < 4.78 is 0. The quantitative estimate of drug-likeness (QED) is 0.227. The van der Waals surface area contributed by atoms with Crippen molar-refractivity contribution in [3.05, 3.63) is 92.1 Å². The van der Waals surface area contributed by atoms with Gasteiger partial charge in [0.1, 0.15) is 18.3 Å². The maximum atomic E-state index is 13.1. The highest BCUT2D eigenvalue weighted by Gasteiger charge is 2.37. The Kier molecular flexibility index (Phi) is 12.2. The Labute approximate surface area is 261 Å². The molecule has 1 amide bonds. The summed E-state index contributed by atoms with van der Waals surface area (Å²) in [6, 6.07) is 16.3. The van der Waals surface area contributed by atoms with E-state index in [0.29, 0.717) is 35.2 Å². The monoisotopic (exact) mass is 635 g/mol. The lowest BCUT2D eigenvalue weighted by molar-refractivity contribution is -0.108. The fourth-order valence-electron chi connectivity index (χ4n) is 5.54. The summed E-state index contributed by atoms with van der Waals surface area (Å²) in [5.41, 5.74) is 2.53. The highest BCUT2D eigenvalue weighted by Crippen LogP contribution is 2.32. The average Bonchev–Trinajstić information content (AvgIpc) is 3.55. The number of thiophene rings is 1. The van der Waals surface area contributed by atoms with E-state index in [1.54, 1.807) is 11.0 Å². The number of amides is 1. The molecule has 3 aromatic rings. The van der Waals surface area contributed by atoms with Gasteiger partial charge in [0.05, 0.1) is 22.7 Å². The lowest BCUT2D eigenvalue weighted by Gasteiger charge is -2.42. The second-order valence-electron chi connectivity index (χ2n) is 10.8. The van der Waals surface area contributed by atoms with Crippen LogP contribution in [0.3, 0.4) is 0 Å². The minimum atomic E-state index is -1.47. The largest absolute Gasteiger partial charge is 0.394 e. The molecule has 8 nitrogen and oxygen atoms in total. The van der Waals surface area contributed by atoms with E-state index in [1.165, 1.54) is 11.3 Å². The summed E-state index contributed by atoms with van der Waals surface area (Å²) >= 11 is 14.1. The molecular formula is C31H39Cl2N3O5S. The molecular weight excluding hydrogens is 597 g/mol. The molecule has 1 aromatic heterocycles. The molecule has 1 unspecified atom stereocenters. The van der Waals surface area contributed by atoms with Gasteiger partial charge in [0, 0.05) is 51.3 Å². The van der Waals surface area contributed by atoms with Crippen molar-refractivity contribution in [2.75, 3.05) is 52.9 Å². The zero-order valence-electron chi connectivity index (χ0n) is 23.6. The number of likely N-dealkylation sites (N-methyl/N-ethyl adjacent to an activating group) is 1. The zero-order valence-corrected chi connectivity index (χ0v) is 25.9. The predicted molar refractivity (Wildman–Crippen MR) is 167 cm³/mol. The second-order valence-corrected chi connectivity index (χ2v) is 12.4. The van der Waals surface area contributed by atoms with Crippen molar-refractivity contribution in [2.24, 2.45) is 0 Å². The molecule has 0 saturated carbocycles. The molecule has 1 aliphatic heterocycles. The summed E-state index contributed by atoms with van der Waals surface area (Å²) in [6.45, 7) is 3.49. The van der Waals surface area contributed by atoms with Crippen LogP contribution in [0.4, 0.5) is 0 Å². The fraction of sp³-hybridized carbons (Fsp3) is 0.452. The van der Waals surface area contributed by atoms with Gasteiger partial charge >= 0.3 is 0 Å². The molecule has 1 aliphatic rings. The third kappa shape index (κ3) is 8.31. The second kappa shape index (κ2) is 15.6. The van der Waals surface area contributed by atoms with Crippen LogP contribution in [-0.2, 0) is 0 Å². The Bertz CT molecular complexity index is 1260. The molecule has 2 aromatic carbocycles. The molecule has 4 N–H and O–H groups in total. The SMILES string of the molecule is CN(C[C@@H](CCN1CCN(C(c2ccsc2)[C@@H](O)[C@H](O)[C@@H](O)CO)CC1)c1ccc(Cl)c(Cl)c1)C(=O)c1ccccc1. The summed E-state index contributed by atoms with van der Waals surface area (Å²) in [6.07, 6.45) is -3.36. The number of hydrogen-bond donors (Lipinski definition) is 4. The number of halogens is 2. The Morgan fingerprint density at radius 3 is 2.29 bits per heavy atom. The Morgan fingerprint density at radius 1 is 0.952 bits per heavy atom. The van der Waals surface area contributed by atoms with Crippen LogP contribution in [0.5, 0.6) is 0 Å². The minimum Gasteiger partial charge on any atom is -0.394 e. The van der Waals surface area contributed by atoms with Crippen LogP contribution >= 0.6 is 34.5 Å². The Hall–Kier alpha value is -2.05. The van der Waals surface area contributed by atoms with Gasteiger partial charge in [-0.15, -0.1) is 0 Å². The van der Waals surface area contributed by atoms with Gasteiger partial charge in [0.25, 0.3) is 5.91 Å². The van der Waals surface area contributed by atoms with E-state index < -0.39 is 31.0 Å².